The lowest BCUT2D eigenvalue weighted by atomic mass is 9.98. The first-order chi connectivity index (χ1) is 8.35. The van der Waals surface area contributed by atoms with Gasteiger partial charge in [0.05, 0.1) is 7.11 Å². The van der Waals surface area contributed by atoms with Crippen molar-refractivity contribution in [1.82, 2.24) is 9.78 Å². The van der Waals surface area contributed by atoms with Crippen LogP contribution in [0.1, 0.15) is 11.5 Å². The first kappa shape index (κ1) is 11.7. The lowest BCUT2D eigenvalue weighted by Gasteiger charge is -2.18. The van der Waals surface area contributed by atoms with E-state index in [1.165, 1.54) is 0 Å². The molecule has 0 fully saturated rings. The molecule has 1 unspecified atom stereocenters. The second kappa shape index (κ2) is 5.50. The van der Waals surface area contributed by atoms with Crippen molar-refractivity contribution in [3.8, 4) is 5.75 Å². The fraction of sp³-hybridized carbons (Fsp3) is 0.308. The van der Waals surface area contributed by atoms with Crippen LogP contribution in [0.4, 0.5) is 0 Å². The SMILES string of the molecule is COc1ccccc1C(CN)Cn1cccn1. The first-order valence-electron chi connectivity index (χ1n) is 5.65. The highest BCUT2D eigenvalue weighted by Gasteiger charge is 2.14. The number of nitrogens with two attached hydrogens (primary N) is 1. The largest absolute Gasteiger partial charge is 0.496 e. The Bertz CT molecular complexity index is 453. The Labute approximate surface area is 101 Å². The van der Waals surface area contributed by atoms with Gasteiger partial charge in [0.2, 0.25) is 0 Å². The van der Waals surface area contributed by atoms with Gasteiger partial charge in [0.25, 0.3) is 0 Å². The molecule has 0 radical (unpaired) electrons. The lowest BCUT2D eigenvalue weighted by Crippen LogP contribution is -2.19. The Morgan fingerprint density at radius 2 is 2.18 bits per heavy atom. The van der Waals surface area contributed by atoms with E-state index in [2.05, 4.69) is 11.2 Å². The summed E-state index contributed by atoms with van der Waals surface area (Å²) >= 11 is 0. The maximum absolute atomic E-state index is 5.85. The third-order valence-corrected chi connectivity index (χ3v) is 2.83. The molecule has 2 N–H and O–H groups in total. The van der Waals surface area contributed by atoms with Crippen LogP contribution < -0.4 is 10.5 Å². The number of methoxy groups -OCH3 is 1. The molecule has 2 aromatic rings. The zero-order valence-electron chi connectivity index (χ0n) is 9.91. The molecular weight excluding hydrogens is 214 g/mol. The van der Waals surface area contributed by atoms with Crippen LogP contribution in [0.2, 0.25) is 0 Å². The highest BCUT2D eigenvalue weighted by atomic mass is 16.5. The van der Waals surface area contributed by atoms with Crippen LogP contribution >= 0.6 is 0 Å². The van der Waals surface area contributed by atoms with Crippen molar-refractivity contribution in [3.05, 3.63) is 48.3 Å². The molecule has 1 aromatic carbocycles. The van der Waals surface area contributed by atoms with Crippen LogP contribution in [0.5, 0.6) is 5.75 Å². The topological polar surface area (TPSA) is 53.1 Å². The predicted molar refractivity (Wildman–Crippen MR) is 67.0 cm³/mol. The van der Waals surface area contributed by atoms with E-state index in [1.54, 1.807) is 13.3 Å². The molecule has 0 spiro atoms. The lowest BCUT2D eigenvalue weighted by molar-refractivity contribution is 0.400. The zero-order valence-corrected chi connectivity index (χ0v) is 9.91. The first-order valence-corrected chi connectivity index (χ1v) is 5.65. The van der Waals surface area contributed by atoms with Gasteiger partial charge in [0.15, 0.2) is 0 Å². The normalized spacial score (nSPS) is 12.4. The van der Waals surface area contributed by atoms with Gasteiger partial charge in [-0.2, -0.15) is 5.10 Å². The highest BCUT2D eigenvalue weighted by Crippen LogP contribution is 2.26. The number of aromatic nitrogens is 2. The Balaban J connectivity index is 2.22. The van der Waals surface area contributed by atoms with Crippen molar-refractivity contribution in [2.24, 2.45) is 5.73 Å². The molecule has 1 atom stereocenters. The summed E-state index contributed by atoms with van der Waals surface area (Å²) in [6, 6.07) is 9.89. The Hall–Kier alpha value is -1.81. The minimum absolute atomic E-state index is 0.214. The van der Waals surface area contributed by atoms with E-state index in [4.69, 9.17) is 10.5 Å². The molecule has 0 saturated heterocycles. The monoisotopic (exact) mass is 231 g/mol. The second-order valence-electron chi connectivity index (χ2n) is 3.90. The standard InChI is InChI=1S/C13H17N3O/c1-17-13-6-3-2-5-12(13)11(9-14)10-16-8-4-7-15-16/h2-8,11H,9-10,14H2,1H3. The van der Waals surface area contributed by atoms with Crippen LogP contribution in [0.25, 0.3) is 0 Å². The van der Waals surface area contributed by atoms with E-state index < -0.39 is 0 Å². The minimum atomic E-state index is 0.214. The smallest absolute Gasteiger partial charge is 0.122 e. The predicted octanol–water partition coefficient (Wildman–Crippen LogP) is 1.63. The third kappa shape index (κ3) is 2.65. The summed E-state index contributed by atoms with van der Waals surface area (Å²) in [4.78, 5) is 0. The van der Waals surface area contributed by atoms with E-state index in [0.717, 1.165) is 17.9 Å². The molecule has 4 heteroatoms. The van der Waals surface area contributed by atoms with E-state index in [-0.39, 0.29) is 5.92 Å². The molecule has 0 aliphatic rings. The van der Waals surface area contributed by atoms with Gasteiger partial charge < -0.3 is 10.5 Å². The highest BCUT2D eigenvalue weighted by molar-refractivity contribution is 5.36. The number of hydrogen-bond donors (Lipinski definition) is 1. The van der Waals surface area contributed by atoms with E-state index in [1.807, 2.05) is 35.1 Å². The minimum Gasteiger partial charge on any atom is -0.496 e. The number of benzene rings is 1. The number of rotatable bonds is 5. The number of hydrogen-bond acceptors (Lipinski definition) is 3. The van der Waals surface area contributed by atoms with E-state index in [0.29, 0.717) is 6.54 Å². The van der Waals surface area contributed by atoms with E-state index in [9.17, 15) is 0 Å². The molecule has 0 saturated carbocycles. The summed E-state index contributed by atoms with van der Waals surface area (Å²) < 4.78 is 7.25. The maximum atomic E-state index is 5.85. The molecule has 90 valence electrons. The average Bonchev–Trinajstić information content (AvgIpc) is 2.89. The molecule has 0 amide bonds. The summed E-state index contributed by atoms with van der Waals surface area (Å²) in [6.07, 6.45) is 3.72. The fourth-order valence-corrected chi connectivity index (χ4v) is 1.94. The summed E-state index contributed by atoms with van der Waals surface area (Å²) in [6.45, 7) is 1.34. The number of ether oxygens (including phenoxy) is 1. The Morgan fingerprint density at radius 3 is 2.82 bits per heavy atom. The van der Waals surface area contributed by atoms with Crippen molar-refractivity contribution in [2.75, 3.05) is 13.7 Å². The summed E-state index contributed by atoms with van der Waals surface area (Å²) in [5.74, 6) is 1.10. The molecule has 4 nitrogen and oxygen atoms in total. The Kier molecular flexibility index (Phi) is 3.77. The molecule has 0 aliphatic carbocycles. The van der Waals surface area contributed by atoms with Gasteiger partial charge in [-0.15, -0.1) is 0 Å². The molecular formula is C13H17N3O. The quantitative estimate of drug-likeness (QED) is 0.851. The van der Waals surface area contributed by atoms with Gasteiger partial charge in [-0.05, 0) is 12.1 Å². The maximum Gasteiger partial charge on any atom is 0.122 e. The molecule has 0 bridgehead atoms. The van der Waals surface area contributed by atoms with Gasteiger partial charge in [-0.25, -0.2) is 0 Å². The van der Waals surface area contributed by atoms with Crippen LogP contribution in [-0.2, 0) is 6.54 Å². The summed E-state index contributed by atoms with van der Waals surface area (Å²) in [5, 5.41) is 4.21. The van der Waals surface area contributed by atoms with Crippen molar-refractivity contribution in [3.63, 3.8) is 0 Å². The van der Waals surface area contributed by atoms with Gasteiger partial charge in [-0.3, -0.25) is 4.68 Å². The summed E-state index contributed by atoms with van der Waals surface area (Å²) in [5.41, 5.74) is 6.98. The number of nitrogens with zero attached hydrogens (tertiary/aromatic N) is 2. The van der Waals surface area contributed by atoms with Gasteiger partial charge in [0, 0.05) is 37.0 Å². The zero-order chi connectivity index (χ0) is 12.1. The van der Waals surface area contributed by atoms with Crippen LogP contribution in [0.15, 0.2) is 42.7 Å². The van der Waals surface area contributed by atoms with Gasteiger partial charge in [-0.1, -0.05) is 18.2 Å². The third-order valence-electron chi connectivity index (χ3n) is 2.83. The van der Waals surface area contributed by atoms with Crippen molar-refractivity contribution >= 4 is 0 Å². The van der Waals surface area contributed by atoms with Crippen LogP contribution in [-0.4, -0.2) is 23.4 Å². The van der Waals surface area contributed by atoms with Gasteiger partial charge in [0.1, 0.15) is 5.75 Å². The van der Waals surface area contributed by atoms with Gasteiger partial charge >= 0.3 is 0 Å². The van der Waals surface area contributed by atoms with Crippen molar-refractivity contribution in [1.29, 1.82) is 0 Å². The van der Waals surface area contributed by atoms with E-state index >= 15 is 0 Å². The second-order valence-corrected chi connectivity index (χ2v) is 3.90. The Morgan fingerprint density at radius 1 is 1.35 bits per heavy atom. The van der Waals surface area contributed by atoms with Crippen LogP contribution in [0.3, 0.4) is 0 Å². The number of para-hydroxylation sites is 1. The molecule has 17 heavy (non-hydrogen) atoms. The molecule has 1 heterocycles. The van der Waals surface area contributed by atoms with Crippen molar-refractivity contribution < 1.29 is 4.74 Å². The molecule has 0 aliphatic heterocycles. The van der Waals surface area contributed by atoms with Crippen molar-refractivity contribution in [2.45, 2.75) is 12.5 Å². The fourth-order valence-electron chi connectivity index (χ4n) is 1.94. The van der Waals surface area contributed by atoms with Crippen LogP contribution in [0, 0.1) is 0 Å². The average molecular weight is 231 g/mol. The molecule has 1 aromatic heterocycles. The molecule has 2 rings (SSSR count). The summed E-state index contributed by atoms with van der Waals surface area (Å²) in [7, 11) is 1.68.